The van der Waals surface area contributed by atoms with E-state index in [4.69, 9.17) is 10.3 Å². The lowest BCUT2D eigenvalue weighted by Gasteiger charge is -2.29. The molecular formula is C19H22N8O2. The summed E-state index contributed by atoms with van der Waals surface area (Å²) in [6, 6.07) is 9.69. The number of anilines is 3. The van der Waals surface area contributed by atoms with Crippen molar-refractivity contribution in [3.63, 3.8) is 0 Å². The Morgan fingerprint density at radius 1 is 1.10 bits per heavy atom. The van der Waals surface area contributed by atoms with Gasteiger partial charge in [-0.15, -0.1) is 0 Å². The number of piperidine rings is 1. The summed E-state index contributed by atoms with van der Waals surface area (Å²) in [6.07, 6.45) is 1.56. The standard InChI is InChI=1S/C19H22N8O2/c1-12(28)27-10-8-13(9-11-27)17-21-16(25-29-17)15-22-18(20)24-19(23-15)26(2)14-6-4-3-5-7-14/h3-7,13H,8-11H2,1-2H3,(H2,20,22,23,24). The third-order valence-corrected chi connectivity index (χ3v) is 5.02. The van der Waals surface area contributed by atoms with Gasteiger partial charge >= 0.3 is 0 Å². The Balaban J connectivity index is 1.55. The van der Waals surface area contributed by atoms with E-state index in [-0.39, 0.29) is 29.4 Å². The van der Waals surface area contributed by atoms with E-state index in [0.717, 1.165) is 18.5 Å². The van der Waals surface area contributed by atoms with Crippen LogP contribution in [-0.4, -0.2) is 56.0 Å². The molecule has 1 aliphatic heterocycles. The molecule has 10 heteroatoms. The quantitative estimate of drug-likeness (QED) is 0.706. The summed E-state index contributed by atoms with van der Waals surface area (Å²) >= 11 is 0. The van der Waals surface area contributed by atoms with E-state index in [0.29, 0.717) is 24.9 Å². The van der Waals surface area contributed by atoms with Crippen LogP contribution >= 0.6 is 0 Å². The molecule has 0 saturated carbocycles. The van der Waals surface area contributed by atoms with Gasteiger partial charge in [-0.1, -0.05) is 23.4 Å². The van der Waals surface area contributed by atoms with Crippen LogP contribution in [0.2, 0.25) is 0 Å². The summed E-state index contributed by atoms with van der Waals surface area (Å²) < 4.78 is 5.46. The van der Waals surface area contributed by atoms with Gasteiger partial charge in [0.2, 0.25) is 35.3 Å². The Bertz CT molecular complexity index is 998. The second kappa shape index (κ2) is 7.82. The normalized spacial score (nSPS) is 14.8. The van der Waals surface area contributed by atoms with Gasteiger partial charge in [0.15, 0.2) is 0 Å². The average molecular weight is 394 g/mol. The monoisotopic (exact) mass is 394 g/mol. The van der Waals surface area contributed by atoms with Crippen LogP contribution < -0.4 is 10.6 Å². The maximum absolute atomic E-state index is 11.5. The van der Waals surface area contributed by atoms with E-state index in [1.807, 2.05) is 42.3 Å². The van der Waals surface area contributed by atoms with Gasteiger partial charge in [0.25, 0.3) is 0 Å². The van der Waals surface area contributed by atoms with Crippen molar-refractivity contribution in [1.82, 2.24) is 30.0 Å². The molecule has 3 aromatic rings. The van der Waals surface area contributed by atoms with Crippen LogP contribution in [0, 0.1) is 0 Å². The molecule has 4 rings (SSSR count). The minimum atomic E-state index is 0.0777. The third kappa shape index (κ3) is 4.00. The van der Waals surface area contributed by atoms with Crippen molar-refractivity contribution < 1.29 is 9.32 Å². The van der Waals surface area contributed by atoms with Crippen molar-refractivity contribution in [3.8, 4) is 11.6 Å². The smallest absolute Gasteiger partial charge is 0.240 e. The summed E-state index contributed by atoms with van der Waals surface area (Å²) in [5, 5.41) is 4.04. The number of likely N-dealkylation sites (tertiary alicyclic amines) is 1. The molecule has 2 aromatic heterocycles. The predicted octanol–water partition coefficient (Wildman–Crippen LogP) is 2.00. The number of hydrogen-bond acceptors (Lipinski definition) is 9. The topological polar surface area (TPSA) is 127 Å². The highest BCUT2D eigenvalue weighted by Crippen LogP contribution is 2.28. The van der Waals surface area contributed by atoms with Crippen LogP contribution in [0.5, 0.6) is 0 Å². The van der Waals surface area contributed by atoms with Crippen LogP contribution in [-0.2, 0) is 4.79 Å². The molecule has 2 N–H and O–H groups in total. The fourth-order valence-corrected chi connectivity index (χ4v) is 3.33. The summed E-state index contributed by atoms with van der Waals surface area (Å²) in [6.45, 7) is 2.95. The Morgan fingerprint density at radius 2 is 1.83 bits per heavy atom. The lowest BCUT2D eigenvalue weighted by molar-refractivity contribution is -0.129. The van der Waals surface area contributed by atoms with Gasteiger partial charge in [0, 0.05) is 38.7 Å². The van der Waals surface area contributed by atoms with Gasteiger partial charge in [0.1, 0.15) is 0 Å². The first-order valence-electron chi connectivity index (χ1n) is 9.41. The zero-order chi connectivity index (χ0) is 20.4. The molecule has 1 aliphatic rings. The highest BCUT2D eigenvalue weighted by atomic mass is 16.5. The SMILES string of the molecule is CC(=O)N1CCC(c2nc(-c3nc(N)nc(N(C)c4ccccc4)n3)no2)CC1. The molecule has 1 aromatic carbocycles. The molecule has 1 fully saturated rings. The summed E-state index contributed by atoms with van der Waals surface area (Å²) in [7, 11) is 1.85. The first-order chi connectivity index (χ1) is 14.0. The zero-order valence-electron chi connectivity index (χ0n) is 16.3. The maximum Gasteiger partial charge on any atom is 0.240 e. The number of para-hydroxylation sites is 1. The fourth-order valence-electron chi connectivity index (χ4n) is 3.33. The number of benzene rings is 1. The highest BCUT2D eigenvalue weighted by molar-refractivity contribution is 5.73. The van der Waals surface area contributed by atoms with E-state index >= 15 is 0 Å². The van der Waals surface area contributed by atoms with E-state index in [1.165, 1.54) is 0 Å². The number of nitrogen functional groups attached to an aromatic ring is 1. The number of hydrogen-bond donors (Lipinski definition) is 1. The summed E-state index contributed by atoms with van der Waals surface area (Å²) in [4.78, 5) is 32.4. The minimum absolute atomic E-state index is 0.0777. The average Bonchev–Trinajstić information content (AvgIpc) is 3.24. The third-order valence-electron chi connectivity index (χ3n) is 5.02. The first kappa shape index (κ1) is 18.8. The number of carbonyl (C=O) groups excluding carboxylic acids is 1. The second-order valence-corrected chi connectivity index (χ2v) is 6.95. The Hall–Kier alpha value is -3.56. The van der Waals surface area contributed by atoms with Gasteiger partial charge in [-0.2, -0.15) is 19.9 Å². The lowest BCUT2D eigenvalue weighted by atomic mass is 9.97. The molecule has 0 atom stereocenters. The molecule has 0 radical (unpaired) electrons. The van der Waals surface area contributed by atoms with Gasteiger partial charge < -0.3 is 20.1 Å². The molecule has 29 heavy (non-hydrogen) atoms. The molecule has 1 saturated heterocycles. The number of nitrogens with zero attached hydrogens (tertiary/aromatic N) is 7. The van der Waals surface area contributed by atoms with Crippen LogP contribution in [0.4, 0.5) is 17.6 Å². The van der Waals surface area contributed by atoms with Crippen molar-refractivity contribution in [3.05, 3.63) is 36.2 Å². The molecule has 0 bridgehead atoms. The highest BCUT2D eigenvalue weighted by Gasteiger charge is 2.27. The molecule has 0 unspecified atom stereocenters. The van der Waals surface area contributed by atoms with Gasteiger partial charge in [-0.3, -0.25) is 4.79 Å². The van der Waals surface area contributed by atoms with Crippen LogP contribution in [0.3, 0.4) is 0 Å². The van der Waals surface area contributed by atoms with Crippen molar-refractivity contribution >= 4 is 23.5 Å². The van der Waals surface area contributed by atoms with Gasteiger partial charge in [0.05, 0.1) is 0 Å². The Morgan fingerprint density at radius 3 is 2.52 bits per heavy atom. The molecule has 0 aliphatic carbocycles. The van der Waals surface area contributed by atoms with E-state index in [9.17, 15) is 4.79 Å². The Labute approximate surface area is 167 Å². The molecular weight excluding hydrogens is 372 g/mol. The van der Waals surface area contributed by atoms with Crippen molar-refractivity contribution in [1.29, 1.82) is 0 Å². The Kier molecular flexibility index (Phi) is 5.07. The second-order valence-electron chi connectivity index (χ2n) is 6.95. The number of amides is 1. The van der Waals surface area contributed by atoms with Crippen molar-refractivity contribution in [2.75, 3.05) is 30.8 Å². The molecule has 1 amide bonds. The van der Waals surface area contributed by atoms with Crippen molar-refractivity contribution in [2.24, 2.45) is 0 Å². The summed E-state index contributed by atoms with van der Waals surface area (Å²) in [5.74, 6) is 1.72. The predicted molar refractivity (Wildman–Crippen MR) is 106 cm³/mol. The van der Waals surface area contributed by atoms with Crippen LogP contribution in [0.1, 0.15) is 31.6 Å². The number of nitrogens with two attached hydrogens (primary N) is 1. The molecule has 10 nitrogen and oxygen atoms in total. The minimum Gasteiger partial charge on any atom is -0.368 e. The number of rotatable bonds is 4. The van der Waals surface area contributed by atoms with E-state index in [2.05, 4.69) is 25.1 Å². The maximum atomic E-state index is 11.5. The first-order valence-corrected chi connectivity index (χ1v) is 9.41. The van der Waals surface area contributed by atoms with Gasteiger partial charge in [-0.05, 0) is 25.0 Å². The molecule has 3 heterocycles. The zero-order valence-corrected chi connectivity index (χ0v) is 16.3. The van der Waals surface area contributed by atoms with E-state index < -0.39 is 0 Å². The number of aromatic nitrogens is 5. The number of carbonyl (C=O) groups is 1. The van der Waals surface area contributed by atoms with Gasteiger partial charge in [-0.25, -0.2) is 0 Å². The van der Waals surface area contributed by atoms with E-state index in [1.54, 1.807) is 11.8 Å². The molecule has 0 spiro atoms. The van der Waals surface area contributed by atoms with Crippen LogP contribution in [0.15, 0.2) is 34.9 Å². The molecule has 150 valence electrons. The van der Waals surface area contributed by atoms with Crippen molar-refractivity contribution in [2.45, 2.75) is 25.7 Å². The summed E-state index contributed by atoms with van der Waals surface area (Å²) in [5.41, 5.74) is 6.81. The van der Waals surface area contributed by atoms with Crippen LogP contribution in [0.25, 0.3) is 11.6 Å². The fraction of sp³-hybridized carbons (Fsp3) is 0.368. The largest absolute Gasteiger partial charge is 0.368 e. The lowest BCUT2D eigenvalue weighted by Crippen LogP contribution is -2.36.